The van der Waals surface area contributed by atoms with E-state index in [0.29, 0.717) is 47.6 Å². The predicted molar refractivity (Wildman–Crippen MR) is 153 cm³/mol. The molecule has 3 fully saturated rings. The molecule has 6 atom stereocenters. The van der Waals surface area contributed by atoms with E-state index in [9.17, 15) is 9.59 Å². The van der Waals surface area contributed by atoms with Crippen LogP contribution in [-0.4, -0.2) is 16.6 Å². The Hall–Kier alpha value is -2.52. The topological polar surface area (TPSA) is 47.0 Å². The summed E-state index contributed by atoms with van der Waals surface area (Å²) >= 11 is 0. The number of aromatic nitrogens is 1. The highest BCUT2D eigenvalue weighted by molar-refractivity contribution is 5.93. The van der Waals surface area contributed by atoms with E-state index in [1.807, 2.05) is 24.5 Å². The Bertz CT molecular complexity index is 1320. The number of fused-ring (bicyclic) bond motifs is 4. The van der Waals surface area contributed by atoms with Crippen molar-refractivity contribution in [1.29, 1.82) is 0 Å². The third-order valence-electron chi connectivity index (χ3n) is 10.7. The molecule has 0 amide bonds. The van der Waals surface area contributed by atoms with E-state index in [1.165, 1.54) is 28.7 Å². The number of halogens is 1. The van der Waals surface area contributed by atoms with E-state index in [2.05, 4.69) is 49.2 Å². The Morgan fingerprint density at radius 3 is 2.50 bits per heavy atom. The molecule has 3 nitrogen and oxygen atoms in total. The van der Waals surface area contributed by atoms with Crippen LogP contribution in [-0.2, 0) is 9.59 Å². The number of benzene rings is 1. The van der Waals surface area contributed by atoms with Crippen molar-refractivity contribution in [1.82, 2.24) is 4.98 Å². The smallest absolute Gasteiger partial charge is 0.156 e. The van der Waals surface area contributed by atoms with E-state index in [0.717, 1.165) is 44.1 Å². The highest BCUT2D eigenvalue weighted by Gasteiger charge is 2.61. The molecule has 0 unspecified atom stereocenters. The minimum Gasteiger partial charge on any atom is -0.299 e. The van der Waals surface area contributed by atoms with Gasteiger partial charge in [-0.2, -0.15) is 0 Å². The fraction of sp³-hybridized carbons (Fsp3) is 0.500. The summed E-state index contributed by atoms with van der Waals surface area (Å²) in [6, 6.07) is 13.2. The van der Waals surface area contributed by atoms with Crippen molar-refractivity contribution in [3.8, 4) is 11.1 Å². The molecule has 1 aromatic heterocycles. The van der Waals surface area contributed by atoms with E-state index in [4.69, 9.17) is 0 Å². The van der Waals surface area contributed by atoms with Gasteiger partial charge in [0.2, 0.25) is 0 Å². The van der Waals surface area contributed by atoms with Crippen molar-refractivity contribution in [3.05, 3.63) is 77.2 Å². The van der Waals surface area contributed by atoms with Crippen LogP contribution in [0.1, 0.15) is 76.7 Å². The van der Waals surface area contributed by atoms with Crippen LogP contribution < -0.4 is 0 Å². The highest BCUT2D eigenvalue weighted by Crippen LogP contribution is 2.67. The monoisotopic (exact) mass is 527 g/mol. The maximum absolute atomic E-state index is 13.7. The molecule has 5 aliphatic carbocycles. The van der Waals surface area contributed by atoms with Crippen LogP contribution >= 0.6 is 12.4 Å². The highest BCUT2D eigenvalue weighted by atomic mass is 35.5. The Labute approximate surface area is 232 Å². The first-order valence-electron chi connectivity index (χ1n) is 14.4. The maximum atomic E-state index is 13.7. The molecular formula is C34H38ClNO2. The zero-order chi connectivity index (χ0) is 25.3. The number of ketones is 2. The molecule has 0 radical (unpaired) electrons. The average molecular weight is 528 g/mol. The number of hydrogen-bond acceptors (Lipinski definition) is 3. The summed E-state index contributed by atoms with van der Waals surface area (Å²) in [6.07, 6.45) is 13.8. The molecule has 7 rings (SSSR count). The molecule has 1 heterocycles. The minimum absolute atomic E-state index is 0. The second kappa shape index (κ2) is 9.59. The first-order chi connectivity index (χ1) is 17.9. The van der Waals surface area contributed by atoms with Crippen LogP contribution in [0.15, 0.2) is 71.6 Å². The number of carbonyl (C=O) groups is 2. The molecule has 0 aliphatic heterocycles. The molecule has 0 N–H and O–H groups in total. The Balaban J connectivity index is 0.00000264. The summed E-state index contributed by atoms with van der Waals surface area (Å²) in [5.41, 5.74) is 8.16. The van der Waals surface area contributed by atoms with Crippen molar-refractivity contribution >= 4 is 24.0 Å². The fourth-order valence-corrected chi connectivity index (χ4v) is 9.00. The Morgan fingerprint density at radius 1 is 1.00 bits per heavy atom. The van der Waals surface area contributed by atoms with Crippen LogP contribution in [0, 0.1) is 35.0 Å². The van der Waals surface area contributed by atoms with Gasteiger partial charge in [-0.25, -0.2) is 0 Å². The second-order valence-corrected chi connectivity index (χ2v) is 12.8. The summed E-state index contributed by atoms with van der Waals surface area (Å²) in [4.78, 5) is 30.3. The Morgan fingerprint density at radius 2 is 1.79 bits per heavy atom. The van der Waals surface area contributed by atoms with Crippen molar-refractivity contribution < 1.29 is 9.59 Å². The number of carbonyl (C=O) groups excluding carboxylic acids is 2. The lowest BCUT2D eigenvalue weighted by Crippen LogP contribution is -2.45. The average Bonchev–Trinajstić information content (AvgIpc) is 3.72. The molecule has 4 heteroatoms. The first kappa shape index (κ1) is 25.7. The van der Waals surface area contributed by atoms with Crippen LogP contribution in [0.5, 0.6) is 0 Å². The lowest BCUT2D eigenvalue weighted by atomic mass is 9.51. The SMILES string of the molecule is C[C@@H]1C[C@H]2[C@@H]3CCC4=CC(=O)CCC4=C3[C@@H](c3ccc(-c4cccnc4)cc3)C[C@]2(C)[C@H]1C(=O)C1CC1.Cl. The quantitative estimate of drug-likeness (QED) is 0.406. The molecule has 0 spiro atoms. The number of nitrogens with zero attached hydrogens (tertiary/aromatic N) is 1. The minimum atomic E-state index is 0. The van der Waals surface area contributed by atoms with Crippen molar-refractivity contribution in [2.75, 3.05) is 0 Å². The zero-order valence-electron chi connectivity index (χ0n) is 22.5. The summed E-state index contributed by atoms with van der Waals surface area (Å²) in [5.74, 6) is 3.26. The molecule has 1 aromatic carbocycles. The fourth-order valence-electron chi connectivity index (χ4n) is 9.00. The van der Waals surface area contributed by atoms with Crippen LogP contribution in [0.25, 0.3) is 11.1 Å². The van der Waals surface area contributed by atoms with E-state index in [-0.39, 0.29) is 23.7 Å². The van der Waals surface area contributed by atoms with Crippen LogP contribution in [0.2, 0.25) is 0 Å². The van der Waals surface area contributed by atoms with Gasteiger partial charge in [-0.3, -0.25) is 14.6 Å². The van der Waals surface area contributed by atoms with Crippen LogP contribution in [0.4, 0.5) is 0 Å². The van der Waals surface area contributed by atoms with E-state index in [1.54, 1.807) is 5.57 Å². The van der Waals surface area contributed by atoms with E-state index < -0.39 is 0 Å². The standard InChI is InChI=1S/C34H37NO2.ClH/c1-20-16-30-28-13-11-24-17-26(36)12-14-27(24)31(28)29(18-34(30,2)32(20)33(37)23-9-10-23)22-7-5-21(6-8-22)25-4-3-15-35-19-25;/h3-8,15,17,19-20,23,28-30,32H,9-14,16,18H2,1-2H3;1H/t20-,28+,29-,30+,32-,34+;/m1./s1. The van der Waals surface area contributed by atoms with Gasteiger partial charge in [0.05, 0.1) is 0 Å². The van der Waals surface area contributed by atoms with Gasteiger partial charge in [-0.05, 0) is 108 Å². The zero-order valence-corrected chi connectivity index (χ0v) is 23.3. The number of hydrogen-bond donors (Lipinski definition) is 0. The van der Waals surface area contributed by atoms with Crippen molar-refractivity contribution in [2.45, 2.75) is 71.1 Å². The number of allylic oxidation sites excluding steroid dienone is 4. The Kier molecular flexibility index (Phi) is 6.50. The number of rotatable bonds is 4. The summed E-state index contributed by atoms with van der Waals surface area (Å²) in [5, 5.41) is 0. The van der Waals surface area contributed by atoms with Gasteiger partial charge < -0.3 is 0 Å². The van der Waals surface area contributed by atoms with Crippen LogP contribution in [0.3, 0.4) is 0 Å². The molecule has 2 aromatic rings. The third kappa shape index (κ3) is 4.04. The summed E-state index contributed by atoms with van der Waals surface area (Å²) in [6.45, 7) is 4.83. The number of pyridine rings is 1. The summed E-state index contributed by atoms with van der Waals surface area (Å²) in [7, 11) is 0. The van der Waals surface area contributed by atoms with Gasteiger partial charge in [0, 0.05) is 36.6 Å². The van der Waals surface area contributed by atoms with Crippen molar-refractivity contribution in [2.24, 2.45) is 35.0 Å². The van der Waals surface area contributed by atoms with Gasteiger partial charge in [0.15, 0.2) is 5.78 Å². The van der Waals surface area contributed by atoms with E-state index >= 15 is 0 Å². The normalized spacial score (nSPS) is 34.0. The molecule has 5 aliphatic rings. The van der Waals surface area contributed by atoms with Gasteiger partial charge >= 0.3 is 0 Å². The summed E-state index contributed by atoms with van der Waals surface area (Å²) < 4.78 is 0. The van der Waals surface area contributed by atoms with Gasteiger partial charge in [-0.15, -0.1) is 12.4 Å². The second-order valence-electron chi connectivity index (χ2n) is 12.8. The maximum Gasteiger partial charge on any atom is 0.156 e. The number of Topliss-reactive ketones (excluding diaryl/α,β-unsaturated/α-hetero) is 1. The van der Waals surface area contributed by atoms with Gasteiger partial charge in [0.25, 0.3) is 0 Å². The molecule has 198 valence electrons. The largest absolute Gasteiger partial charge is 0.299 e. The molecular weight excluding hydrogens is 490 g/mol. The van der Waals surface area contributed by atoms with Crippen molar-refractivity contribution in [3.63, 3.8) is 0 Å². The van der Waals surface area contributed by atoms with Gasteiger partial charge in [0.1, 0.15) is 5.78 Å². The lowest BCUT2D eigenvalue weighted by Gasteiger charge is -2.52. The van der Waals surface area contributed by atoms with Gasteiger partial charge in [-0.1, -0.05) is 49.8 Å². The molecule has 3 saturated carbocycles. The predicted octanol–water partition coefficient (Wildman–Crippen LogP) is 7.91. The molecule has 0 saturated heterocycles. The lowest BCUT2D eigenvalue weighted by molar-refractivity contribution is -0.130. The molecule has 38 heavy (non-hydrogen) atoms. The first-order valence-corrected chi connectivity index (χ1v) is 14.4. The third-order valence-corrected chi connectivity index (χ3v) is 10.7. The molecule has 0 bridgehead atoms.